The Morgan fingerprint density at radius 3 is 1.66 bits per heavy atom. The molecule has 0 aliphatic heterocycles. The summed E-state index contributed by atoms with van der Waals surface area (Å²) < 4.78 is 31.9. The molecule has 0 aliphatic carbocycles. The summed E-state index contributed by atoms with van der Waals surface area (Å²) in [5.41, 5.74) is 0. The van der Waals surface area contributed by atoms with Crippen molar-refractivity contribution in [1.82, 2.24) is 5.32 Å². The van der Waals surface area contributed by atoms with Crippen molar-refractivity contribution in [2.75, 3.05) is 5.75 Å². The molecule has 0 heterocycles. The zero-order valence-corrected chi connectivity index (χ0v) is 27.0. The molecular weight excluding hydrogens is 534 g/mol. The quantitative estimate of drug-likeness (QED) is 0.0476. The second-order valence-electron chi connectivity index (χ2n) is 11.1. The Bertz CT molecular complexity index is 832. The van der Waals surface area contributed by atoms with Crippen molar-refractivity contribution < 1.29 is 22.9 Å². The molecule has 0 aliphatic rings. The smallest absolute Gasteiger partial charge is 0.267 e. The Kier molecular flexibility index (Phi) is 27.2. The Hall–Kier alpha value is -1.70. The molecular formula is C34H61NO5S. The van der Waals surface area contributed by atoms with Gasteiger partial charge in [0.05, 0.1) is 17.9 Å². The summed E-state index contributed by atoms with van der Waals surface area (Å²) in [6.07, 6.45) is 37.1. The van der Waals surface area contributed by atoms with Gasteiger partial charge >= 0.3 is 0 Å². The zero-order valence-electron chi connectivity index (χ0n) is 26.2. The number of hydrogen-bond acceptors (Lipinski definition) is 4. The summed E-state index contributed by atoms with van der Waals surface area (Å²) in [5.74, 6) is -1.01. The molecule has 41 heavy (non-hydrogen) atoms. The lowest BCUT2D eigenvalue weighted by Crippen LogP contribution is -2.46. The number of rotatable bonds is 28. The van der Waals surface area contributed by atoms with Crippen molar-refractivity contribution in [3.05, 3.63) is 48.6 Å². The average molecular weight is 596 g/mol. The lowest BCUT2D eigenvalue weighted by molar-refractivity contribution is -0.122. The molecule has 0 aromatic heterocycles. The van der Waals surface area contributed by atoms with Crippen LogP contribution in [0.3, 0.4) is 0 Å². The van der Waals surface area contributed by atoms with Crippen LogP contribution in [0.4, 0.5) is 0 Å². The van der Waals surface area contributed by atoms with E-state index in [1.165, 1.54) is 57.4 Å². The van der Waals surface area contributed by atoms with E-state index in [1.54, 1.807) is 6.08 Å². The second-order valence-corrected chi connectivity index (χ2v) is 12.6. The third-order valence-electron chi connectivity index (χ3n) is 7.00. The lowest BCUT2D eigenvalue weighted by Gasteiger charge is -2.21. The summed E-state index contributed by atoms with van der Waals surface area (Å²) >= 11 is 0. The van der Waals surface area contributed by atoms with E-state index in [9.17, 15) is 22.9 Å². The first-order valence-electron chi connectivity index (χ1n) is 16.3. The molecule has 0 spiro atoms. The first-order valence-corrected chi connectivity index (χ1v) is 17.9. The van der Waals surface area contributed by atoms with E-state index >= 15 is 0 Å². The first-order chi connectivity index (χ1) is 19.8. The molecule has 3 N–H and O–H groups in total. The van der Waals surface area contributed by atoms with Crippen LogP contribution in [0.15, 0.2) is 48.6 Å². The largest absolute Gasteiger partial charge is 0.387 e. The molecule has 0 saturated carbocycles. The number of aliphatic hydroxyl groups is 1. The monoisotopic (exact) mass is 595 g/mol. The molecule has 1 amide bonds. The molecule has 0 aromatic carbocycles. The lowest BCUT2D eigenvalue weighted by atomic mass is 10.1. The van der Waals surface area contributed by atoms with Gasteiger partial charge in [0.2, 0.25) is 5.91 Å². The van der Waals surface area contributed by atoms with Gasteiger partial charge < -0.3 is 10.4 Å². The predicted octanol–water partition coefficient (Wildman–Crippen LogP) is 8.79. The van der Waals surface area contributed by atoms with Gasteiger partial charge in [-0.15, -0.1) is 0 Å². The fourth-order valence-electron chi connectivity index (χ4n) is 4.51. The van der Waals surface area contributed by atoms with E-state index in [4.69, 9.17) is 0 Å². The summed E-state index contributed by atoms with van der Waals surface area (Å²) in [7, 11) is -4.33. The van der Waals surface area contributed by atoms with Crippen LogP contribution in [0.1, 0.15) is 142 Å². The van der Waals surface area contributed by atoms with Gasteiger partial charge in [0, 0.05) is 6.42 Å². The number of hydrogen-bond donors (Lipinski definition) is 3. The normalized spacial score (nSPS) is 14.1. The average Bonchev–Trinajstić information content (AvgIpc) is 2.92. The Balaban J connectivity index is 3.88. The highest BCUT2D eigenvalue weighted by Crippen LogP contribution is 2.11. The summed E-state index contributed by atoms with van der Waals surface area (Å²) in [5, 5.41) is 12.9. The van der Waals surface area contributed by atoms with Gasteiger partial charge in [-0.05, 0) is 57.8 Å². The Labute approximate surface area is 252 Å². The minimum absolute atomic E-state index is 0.278. The minimum Gasteiger partial charge on any atom is -0.387 e. The number of carbonyl (C=O) groups excluding carboxylic acids is 1. The van der Waals surface area contributed by atoms with Crippen LogP contribution in [0.25, 0.3) is 0 Å². The van der Waals surface area contributed by atoms with Crippen LogP contribution in [0.2, 0.25) is 0 Å². The first kappa shape index (κ1) is 39.3. The highest BCUT2D eigenvalue weighted by molar-refractivity contribution is 7.85. The third-order valence-corrected chi connectivity index (χ3v) is 7.78. The molecule has 2 atom stereocenters. The van der Waals surface area contributed by atoms with Crippen molar-refractivity contribution in [3.63, 3.8) is 0 Å². The molecule has 0 fully saturated rings. The van der Waals surface area contributed by atoms with Crippen molar-refractivity contribution in [2.45, 2.75) is 154 Å². The van der Waals surface area contributed by atoms with E-state index in [-0.39, 0.29) is 12.3 Å². The number of carbonyl (C=O) groups is 1. The Morgan fingerprint density at radius 2 is 1.10 bits per heavy atom. The predicted molar refractivity (Wildman–Crippen MR) is 175 cm³/mol. The standard InChI is InChI=1S/C34H61NO5S/c1-3-5-7-9-10-11-12-13-14-15-16-17-18-19-20-21-22-23-24-26-28-30-34(37)35-32(31-41(38,39)40)33(36)29-27-25-8-6-4-2/h12-13,15-16,18-19,27,29,32-33,36H,3-11,14,17,20-26,28,30-31H2,1-2H3,(H,35,37)(H,38,39,40)/b13-12-,16-15-,19-18-,29-27+. The highest BCUT2D eigenvalue weighted by Gasteiger charge is 2.24. The van der Waals surface area contributed by atoms with Gasteiger partial charge in [-0.1, -0.05) is 127 Å². The topological polar surface area (TPSA) is 104 Å². The SMILES string of the molecule is CCCCC/C=C/C(O)C(CS(=O)(=O)O)NC(=O)CCCCCCCC/C=C\C/C=C\C/C=C\CCCCCCC. The van der Waals surface area contributed by atoms with Crippen LogP contribution < -0.4 is 5.32 Å². The zero-order chi connectivity index (χ0) is 30.4. The fraction of sp³-hybridized carbons (Fsp3) is 0.735. The third kappa shape index (κ3) is 29.6. The maximum Gasteiger partial charge on any atom is 0.267 e. The van der Waals surface area contributed by atoms with Gasteiger partial charge in [-0.3, -0.25) is 9.35 Å². The van der Waals surface area contributed by atoms with Crippen LogP contribution in [0.5, 0.6) is 0 Å². The van der Waals surface area contributed by atoms with Crippen molar-refractivity contribution in [2.24, 2.45) is 0 Å². The number of allylic oxidation sites excluding steroid dienone is 7. The molecule has 0 saturated heterocycles. The Morgan fingerprint density at radius 1 is 0.659 bits per heavy atom. The number of amides is 1. The van der Waals surface area contributed by atoms with Gasteiger partial charge in [0.15, 0.2) is 0 Å². The molecule has 2 unspecified atom stereocenters. The van der Waals surface area contributed by atoms with Crippen molar-refractivity contribution in [3.8, 4) is 0 Å². The summed E-state index contributed by atoms with van der Waals surface area (Å²) in [4.78, 5) is 12.3. The van der Waals surface area contributed by atoms with E-state index in [0.717, 1.165) is 64.2 Å². The van der Waals surface area contributed by atoms with Crippen molar-refractivity contribution >= 4 is 16.0 Å². The van der Waals surface area contributed by atoms with Gasteiger partial charge in [0.25, 0.3) is 10.1 Å². The van der Waals surface area contributed by atoms with Gasteiger partial charge in [-0.25, -0.2) is 0 Å². The molecule has 0 rings (SSSR count). The molecule has 0 bridgehead atoms. The molecule has 0 radical (unpaired) electrons. The fourth-order valence-corrected chi connectivity index (χ4v) is 5.25. The maximum atomic E-state index is 12.3. The van der Waals surface area contributed by atoms with Crippen molar-refractivity contribution in [1.29, 1.82) is 0 Å². The summed E-state index contributed by atoms with van der Waals surface area (Å²) in [6, 6.07) is -1.06. The van der Waals surface area contributed by atoms with E-state index < -0.39 is 28.0 Å². The van der Waals surface area contributed by atoms with Crippen LogP contribution in [-0.4, -0.2) is 41.9 Å². The van der Waals surface area contributed by atoms with Gasteiger partial charge in [0.1, 0.15) is 0 Å². The number of aliphatic hydroxyl groups excluding tert-OH is 1. The van der Waals surface area contributed by atoms with Crippen LogP contribution in [0, 0.1) is 0 Å². The van der Waals surface area contributed by atoms with Crippen LogP contribution in [-0.2, 0) is 14.9 Å². The van der Waals surface area contributed by atoms with Gasteiger partial charge in [-0.2, -0.15) is 8.42 Å². The maximum absolute atomic E-state index is 12.3. The van der Waals surface area contributed by atoms with E-state index in [2.05, 4.69) is 55.6 Å². The molecule has 0 aromatic rings. The number of nitrogens with one attached hydrogen (secondary N) is 1. The van der Waals surface area contributed by atoms with E-state index in [1.807, 2.05) is 0 Å². The molecule has 238 valence electrons. The molecule has 6 nitrogen and oxygen atoms in total. The number of unbranched alkanes of at least 4 members (excludes halogenated alkanes) is 14. The van der Waals surface area contributed by atoms with Crippen LogP contribution >= 0.6 is 0 Å². The highest BCUT2D eigenvalue weighted by atomic mass is 32.2. The second kappa shape index (κ2) is 28.4. The summed E-state index contributed by atoms with van der Waals surface area (Å²) in [6.45, 7) is 4.35. The van der Waals surface area contributed by atoms with E-state index in [0.29, 0.717) is 6.42 Å². The minimum atomic E-state index is -4.33. The molecule has 7 heteroatoms.